The number of rotatable bonds is 3. The van der Waals surface area contributed by atoms with Crippen LogP contribution in [0, 0.1) is 5.82 Å². The van der Waals surface area contributed by atoms with E-state index in [0.29, 0.717) is 11.3 Å². The highest BCUT2D eigenvalue weighted by Crippen LogP contribution is 2.38. The average molecular weight is 323 g/mol. The molecule has 0 bridgehead atoms. The minimum Gasteiger partial charge on any atom is -0.360 e. The molecule has 0 unspecified atom stereocenters. The number of halogens is 1. The first-order valence-corrected chi connectivity index (χ1v) is 7.57. The molecule has 0 spiro atoms. The van der Waals surface area contributed by atoms with Crippen molar-refractivity contribution in [2.24, 2.45) is 0 Å². The zero-order valence-electron chi connectivity index (χ0n) is 13.1. The Morgan fingerprint density at radius 1 is 1.08 bits per heavy atom. The van der Waals surface area contributed by atoms with Crippen molar-refractivity contribution >= 4 is 5.65 Å². The summed E-state index contributed by atoms with van der Waals surface area (Å²) in [4.78, 5) is 0. The van der Waals surface area contributed by atoms with Crippen LogP contribution in [0.15, 0.2) is 47.1 Å². The average Bonchev–Trinajstić information content (AvgIpc) is 3.21. The third-order valence-corrected chi connectivity index (χ3v) is 3.85. The zero-order valence-corrected chi connectivity index (χ0v) is 13.1. The first kappa shape index (κ1) is 14.5. The summed E-state index contributed by atoms with van der Waals surface area (Å²) in [5.41, 5.74) is 3.88. The van der Waals surface area contributed by atoms with E-state index >= 15 is 0 Å². The number of nitrogens with zero attached hydrogens (tertiary/aromatic N) is 5. The van der Waals surface area contributed by atoms with E-state index in [1.807, 2.05) is 26.0 Å². The van der Waals surface area contributed by atoms with E-state index < -0.39 is 0 Å². The molecule has 4 aromatic rings. The molecular weight excluding hydrogens is 309 g/mol. The number of hydrogen-bond donors (Lipinski definition) is 0. The van der Waals surface area contributed by atoms with Crippen LogP contribution in [0.3, 0.4) is 0 Å². The second-order valence-electron chi connectivity index (χ2n) is 5.83. The predicted octanol–water partition coefficient (Wildman–Crippen LogP) is 3.71. The van der Waals surface area contributed by atoms with Crippen LogP contribution in [0.5, 0.6) is 0 Å². The van der Waals surface area contributed by atoms with Crippen molar-refractivity contribution in [3.8, 4) is 22.4 Å². The molecule has 0 radical (unpaired) electrons. The Bertz CT molecular complexity index is 1000. The molecule has 0 atom stereocenters. The Hall–Kier alpha value is -3.09. The van der Waals surface area contributed by atoms with Crippen LogP contribution in [0.4, 0.5) is 4.39 Å². The number of benzene rings is 1. The lowest BCUT2D eigenvalue weighted by Gasteiger charge is -2.07. The molecule has 0 amide bonds. The molecule has 120 valence electrons. The molecule has 0 fully saturated rings. The van der Waals surface area contributed by atoms with Gasteiger partial charge in [0.2, 0.25) is 0 Å². The van der Waals surface area contributed by atoms with E-state index in [4.69, 9.17) is 4.52 Å². The quantitative estimate of drug-likeness (QED) is 0.575. The maximum atomic E-state index is 13.2. The molecule has 24 heavy (non-hydrogen) atoms. The molecule has 0 N–H and O–H groups in total. The largest absolute Gasteiger partial charge is 0.360 e. The fourth-order valence-corrected chi connectivity index (χ4v) is 2.68. The molecule has 7 heteroatoms. The summed E-state index contributed by atoms with van der Waals surface area (Å²) in [6, 6.07) is 10.00. The second kappa shape index (κ2) is 5.52. The van der Waals surface area contributed by atoms with E-state index in [2.05, 4.69) is 20.7 Å². The van der Waals surface area contributed by atoms with Gasteiger partial charge in [-0.2, -0.15) is 0 Å². The third kappa shape index (κ3) is 2.34. The molecule has 4 rings (SSSR count). The third-order valence-electron chi connectivity index (χ3n) is 3.85. The Kier molecular flexibility index (Phi) is 3.34. The number of tetrazole rings is 1. The number of fused-ring (bicyclic) bond motifs is 1. The fraction of sp³-hybridized carbons (Fsp3) is 0.176. The van der Waals surface area contributed by atoms with E-state index in [0.717, 1.165) is 22.5 Å². The summed E-state index contributed by atoms with van der Waals surface area (Å²) in [7, 11) is 0. The summed E-state index contributed by atoms with van der Waals surface area (Å²) in [6.07, 6.45) is 1.79. The number of pyridine rings is 1. The summed E-state index contributed by atoms with van der Waals surface area (Å²) in [5, 5.41) is 15.7. The highest BCUT2D eigenvalue weighted by Gasteiger charge is 2.22. The van der Waals surface area contributed by atoms with E-state index in [1.165, 1.54) is 12.1 Å². The van der Waals surface area contributed by atoms with Gasteiger partial charge in [0.05, 0.1) is 5.56 Å². The van der Waals surface area contributed by atoms with Crippen molar-refractivity contribution in [1.82, 2.24) is 25.2 Å². The highest BCUT2D eigenvalue weighted by atomic mass is 19.1. The molecule has 6 nitrogen and oxygen atoms in total. The van der Waals surface area contributed by atoms with E-state index in [1.54, 1.807) is 22.8 Å². The van der Waals surface area contributed by atoms with Crippen LogP contribution >= 0.6 is 0 Å². The fourth-order valence-electron chi connectivity index (χ4n) is 2.68. The van der Waals surface area contributed by atoms with E-state index in [9.17, 15) is 4.39 Å². The van der Waals surface area contributed by atoms with Crippen molar-refractivity contribution in [2.75, 3.05) is 0 Å². The van der Waals surface area contributed by atoms with Crippen molar-refractivity contribution in [3.63, 3.8) is 0 Å². The highest BCUT2D eigenvalue weighted by molar-refractivity contribution is 5.83. The van der Waals surface area contributed by atoms with Gasteiger partial charge in [-0.15, -0.1) is 5.10 Å². The Labute approximate surface area is 136 Å². The van der Waals surface area contributed by atoms with Gasteiger partial charge < -0.3 is 4.52 Å². The molecule has 0 aliphatic carbocycles. The van der Waals surface area contributed by atoms with E-state index in [-0.39, 0.29) is 11.7 Å². The molecule has 3 heterocycles. The first-order valence-electron chi connectivity index (χ1n) is 7.57. The zero-order chi connectivity index (χ0) is 16.7. The lowest BCUT2D eigenvalue weighted by Crippen LogP contribution is -1.92. The molecule has 3 aromatic heterocycles. The topological polar surface area (TPSA) is 69.1 Å². The smallest absolute Gasteiger partial charge is 0.179 e. The molecular formula is C17H14FN5O. The van der Waals surface area contributed by atoms with Gasteiger partial charge in [0.25, 0.3) is 0 Å². The van der Waals surface area contributed by atoms with Gasteiger partial charge in [-0.1, -0.05) is 19.0 Å². The molecule has 0 aliphatic rings. The maximum Gasteiger partial charge on any atom is 0.179 e. The minimum atomic E-state index is -0.288. The lowest BCUT2D eigenvalue weighted by atomic mass is 9.96. The first-order chi connectivity index (χ1) is 11.6. The van der Waals surface area contributed by atoms with Crippen LogP contribution in [0.1, 0.15) is 25.5 Å². The predicted molar refractivity (Wildman–Crippen MR) is 85.8 cm³/mol. The van der Waals surface area contributed by atoms with Crippen LogP contribution in [0.25, 0.3) is 28.0 Å². The van der Waals surface area contributed by atoms with Gasteiger partial charge in [0, 0.05) is 17.7 Å². The molecule has 0 saturated carbocycles. The van der Waals surface area contributed by atoms with Gasteiger partial charge in [-0.25, -0.2) is 8.91 Å². The lowest BCUT2D eigenvalue weighted by molar-refractivity contribution is 0.373. The van der Waals surface area contributed by atoms with Crippen LogP contribution in [-0.4, -0.2) is 25.2 Å². The summed E-state index contributed by atoms with van der Waals surface area (Å²) in [5.74, 6) is 0.629. The monoisotopic (exact) mass is 323 g/mol. The summed E-state index contributed by atoms with van der Waals surface area (Å²) in [6.45, 7) is 4.07. The Balaban J connectivity index is 1.94. The number of hydrogen-bond acceptors (Lipinski definition) is 5. The molecule has 1 aromatic carbocycles. The standard InChI is InChI=1S/C17H14FN5O/c1-10(2)17-15(12-7-8-23-14(9-12)19-21-22-23)16(20-24-17)11-3-5-13(18)6-4-11/h3-10H,1-2H3. The molecule has 0 aliphatic heterocycles. The Morgan fingerprint density at radius 2 is 1.88 bits per heavy atom. The summed E-state index contributed by atoms with van der Waals surface area (Å²) < 4.78 is 20.4. The minimum absolute atomic E-state index is 0.147. The van der Waals surface area contributed by atoms with Crippen molar-refractivity contribution in [3.05, 3.63) is 54.2 Å². The van der Waals surface area contributed by atoms with Crippen LogP contribution < -0.4 is 0 Å². The Morgan fingerprint density at radius 3 is 2.62 bits per heavy atom. The van der Waals surface area contributed by atoms with Crippen molar-refractivity contribution in [1.29, 1.82) is 0 Å². The van der Waals surface area contributed by atoms with Crippen molar-refractivity contribution < 1.29 is 8.91 Å². The number of aromatic nitrogens is 5. The van der Waals surface area contributed by atoms with Gasteiger partial charge in [-0.05, 0) is 52.4 Å². The van der Waals surface area contributed by atoms with Crippen LogP contribution in [-0.2, 0) is 0 Å². The maximum absolute atomic E-state index is 13.2. The van der Waals surface area contributed by atoms with Crippen LogP contribution in [0.2, 0.25) is 0 Å². The normalized spacial score (nSPS) is 11.5. The van der Waals surface area contributed by atoms with Gasteiger partial charge in [0.15, 0.2) is 5.65 Å². The summed E-state index contributed by atoms with van der Waals surface area (Å²) >= 11 is 0. The second-order valence-corrected chi connectivity index (χ2v) is 5.83. The van der Waals surface area contributed by atoms with Crippen molar-refractivity contribution in [2.45, 2.75) is 19.8 Å². The SMILES string of the molecule is CC(C)c1onc(-c2ccc(F)cc2)c1-c1ccn2nnnc2c1. The van der Waals surface area contributed by atoms with Gasteiger partial charge >= 0.3 is 0 Å². The van der Waals surface area contributed by atoms with Gasteiger partial charge in [-0.3, -0.25) is 0 Å². The molecule has 0 saturated heterocycles. The van der Waals surface area contributed by atoms with Gasteiger partial charge in [0.1, 0.15) is 17.3 Å².